The van der Waals surface area contributed by atoms with Crippen LogP contribution in [0, 0.1) is 5.92 Å². The van der Waals surface area contributed by atoms with E-state index in [9.17, 15) is 4.79 Å². The minimum Gasteiger partial charge on any atom is -0.389 e. The molecule has 21 heavy (non-hydrogen) atoms. The predicted molar refractivity (Wildman–Crippen MR) is 88.3 cm³/mol. The van der Waals surface area contributed by atoms with Gasteiger partial charge in [-0.2, -0.15) is 0 Å². The first-order valence-corrected chi connectivity index (χ1v) is 7.79. The number of carbonyl (C=O) groups excluding carboxylic acids is 1. The molecule has 0 aliphatic heterocycles. The summed E-state index contributed by atoms with van der Waals surface area (Å²) in [6, 6.07) is 7.25. The lowest BCUT2D eigenvalue weighted by molar-refractivity contribution is -0.124. The molecule has 1 aromatic rings. The summed E-state index contributed by atoms with van der Waals surface area (Å²) in [6.07, 6.45) is 4.85. The number of para-hydroxylation sites is 1. The number of rotatable bonds is 5. The van der Waals surface area contributed by atoms with Crippen LogP contribution in [0.3, 0.4) is 0 Å². The molecule has 0 aromatic heterocycles. The molecule has 1 aliphatic carbocycles. The smallest absolute Gasteiger partial charge is 0.250 e. The minimum absolute atomic E-state index is 0.0701. The Hall–Kier alpha value is -1.46. The third-order valence-corrected chi connectivity index (χ3v) is 4.15. The van der Waals surface area contributed by atoms with Crippen LogP contribution in [0.4, 0.5) is 5.69 Å². The molecule has 114 valence electrons. The SMILES string of the molecule is CC1CCCCC1OCC(=O)Nc1ccccc1C(N)=S. The molecule has 1 amide bonds. The fourth-order valence-corrected chi connectivity index (χ4v) is 2.88. The number of hydrogen-bond acceptors (Lipinski definition) is 3. The number of carbonyl (C=O) groups is 1. The lowest BCUT2D eigenvalue weighted by Gasteiger charge is -2.28. The van der Waals surface area contributed by atoms with Gasteiger partial charge in [-0.15, -0.1) is 0 Å². The van der Waals surface area contributed by atoms with Crippen LogP contribution in [0.15, 0.2) is 24.3 Å². The highest BCUT2D eigenvalue weighted by Crippen LogP contribution is 2.26. The first-order valence-electron chi connectivity index (χ1n) is 7.38. The average Bonchev–Trinajstić information content (AvgIpc) is 2.47. The molecule has 0 saturated heterocycles. The second-order valence-corrected chi connectivity index (χ2v) is 6.01. The van der Waals surface area contributed by atoms with Gasteiger partial charge in [0, 0.05) is 5.56 Å². The number of nitrogens with two attached hydrogens (primary N) is 1. The molecule has 3 N–H and O–H groups in total. The van der Waals surface area contributed by atoms with Crippen LogP contribution in [0.25, 0.3) is 0 Å². The Morgan fingerprint density at radius 1 is 1.38 bits per heavy atom. The van der Waals surface area contributed by atoms with Crippen molar-refractivity contribution in [2.75, 3.05) is 11.9 Å². The highest BCUT2D eigenvalue weighted by atomic mass is 32.1. The molecular formula is C16H22N2O2S. The lowest BCUT2D eigenvalue weighted by Crippen LogP contribution is -2.30. The molecule has 5 heteroatoms. The Bertz CT molecular complexity index is 519. The van der Waals surface area contributed by atoms with Gasteiger partial charge in [-0.25, -0.2) is 0 Å². The summed E-state index contributed by atoms with van der Waals surface area (Å²) >= 11 is 4.98. The highest BCUT2D eigenvalue weighted by molar-refractivity contribution is 7.80. The van der Waals surface area contributed by atoms with E-state index in [1.165, 1.54) is 19.3 Å². The van der Waals surface area contributed by atoms with E-state index in [1.54, 1.807) is 12.1 Å². The third-order valence-electron chi connectivity index (χ3n) is 3.93. The second kappa shape index (κ2) is 7.52. The van der Waals surface area contributed by atoms with Crippen molar-refractivity contribution in [1.82, 2.24) is 0 Å². The first-order chi connectivity index (χ1) is 10.1. The van der Waals surface area contributed by atoms with E-state index >= 15 is 0 Å². The van der Waals surface area contributed by atoms with Crippen molar-refractivity contribution in [1.29, 1.82) is 0 Å². The van der Waals surface area contributed by atoms with Gasteiger partial charge >= 0.3 is 0 Å². The zero-order valence-electron chi connectivity index (χ0n) is 12.3. The van der Waals surface area contributed by atoms with Crippen molar-refractivity contribution in [2.24, 2.45) is 11.7 Å². The Labute approximate surface area is 131 Å². The number of thiocarbonyl (C=S) groups is 1. The van der Waals surface area contributed by atoms with E-state index in [2.05, 4.69) is 12.2 Å². The molecule has 0 bridgehead atoms. The van der Waals surface area contributed by atoms with Crippen LogP contribution in [0.5, 0.6) is 0 Å². The van der Waals surface area contributed by atoms with Gasteiger partial charge in [-0.05, 0) is 30.9 Å². The van der Waals surface area contributed by atoms with Crippen LogP contribution in [0.2, 0.25) is 0 Å². The summed E-state index contributed by atoms with van der Waals surface area (Å²) in [4.78, 5) is 12.3. The van der Waals surface area contributed by atoms with E-state index in [1.807, 2.05) is 12.1 Å². The zero-order valence-corrected chi connectivity index (χ0v) is 13.1. The monoisotopic (exact) mass is 306 g/mol. The van der Waals surface area contributed by atoms with Crippen molar-refractivity contribution in [2.45, 2.75) is 38.7 Å². The van der Waals surface area contributed by atoms with E-state index in [-0.39, 0.29) is 23.6 Å². The quantitative estimate of drug-likeness (QED) is 0.821. The molecule has 1 fully saturated rings. The maximum Gasteiger partial charge on any atom is 0.250 e. The van der Waals surface area contributed by atoms with Gasteiger partial charge in [0.15, 0.2) is 0 Å². The predicted octanol–water partition coefficient (Wildman–Crippen LogP) is 2.85. The van der Waals surface area contributed by atoms with Gasteiger partial charge in [0.25, 0.3) is 0 Å². The molecule has 1 aliphatic rings. The molecular weight excluding hydrogens is 284 g/mol. The molecule has 2 unspecified atom stereocenters. The number of nitrogens with one attached hydrogen (secondary N) is 1. The number of hydrogen-bond donors (Lipinski definition) is 2. The summed E-state index contributed by atoms with van der Waals surface area (Å²) < 4.78 is 5.75. The van der Waals surface area contributed by atoms with E-state index < -0.39 is 0 Å². The minimum atomic E-state index is -0.170. The molecule has 1 saturated carbocycles. The summed E-state index contributed by atoms with van der Waals surface area (Å²) in [6.45, 7) is 2.25. The Morgan fingerprint density at radius 2 is 2.10 bits per heavy atom. The van der Waals surface area contributed by atoms with E-state index in [4.69, 9.17) is 22.7 Å². The van der Waals surface area contributed by atoms with Gasteiger partial charge in [-0.1, -0.05) is 44.1 Å². The topological polar surface area (TPSA) is 64.3 Å². The van der Waals surface area contributed by atoms with Crippen LogP contribution >= 0.6 is 12.2 Å². The third kappa shape index (κ3) is 4.51. The molecule has 0 spiro atoms. The van der Waals surface area contributed by atoms with Gasteiger partial charge < -0.3 is 15.8 Å². The standard InChI is InChI=1S/C16H22N2O2S/c1-11-6-2-5-9-14(11)20-10-15(19)18-13-8-4-3-7-12(13)16(17)21/h3-4,7-8,11,14H,2,5-6,9-10H2,1H3,(H2,17,21)(H,18,19). The van der Waals surface area contributed by atoms with Crippen molar-refractivity contribution in [3.8, 4) is 0 Å². The molecule has 2 atom stereocenters. The van der Waals surface area contributed by atoms with Crippen molar-refractivity contribution in [3.05, 3.63) is 29.8 Å². The number of ether oxygens (including phenoxy) is 1. The van der Waals surface area contributed by atoms with Crippen molar-refractivity contribution >= 4 is 28.8 Å². The summed E-state index contributed by atoms with van der Waals surface area (Å²) in [7, 11) is 0. The molecule has 2 rings (SSSR count). The largest absolute Gasteiger partial charge is 0.389 e. The van der Waals surface area contributed by atoms with Crippen LogP contribution < -0.4 is 11.1 Å². The highest BCUT2D eigenvalue weighted by Gasteiger charge is 2.22. The first kappa shape index (κ1) is 15.9. The van der Waals surface area contributed by atoms with Crippen LogP contribution in [-0.2, 0) is 9.53 Å². The van der Waals surface area contributed by atoms with E-state index in [0.717, 1.165) is 6.42 Å². The molecule has 0 heterocycles. The van der Waals surface area contributed by atoms with Crippen LogP contribution in [-0.4, -0.2) is 23.6 Å². The van der Waals surface area contributed by atoms with Crippen LogP contribution in [0.1, 0.15) is 38.2 Å². The number of anilines is 1. The lowest BCUT2D eigenvalue weighted by atomic mass is 9.88. The average molecular weight is 306 g/mol. The van der Waals surface area contributed by atoms with E-state index in [0.29, 0.717) is 17.2 Å². The summed E-state index contributed by atoms with van der Waals surface area (Å²) in [5, 5.41) is 2.81. The fraction of sp³-hybridized carbons (Fsp3) is 0.500. The normalized spacial score (nSPS) is 21.8. The maximum atomic E-state index is 12.0. The van der Waals surface area contributed by atoms with Gasteiger partial charge in [-0.3, -0.25) is 4.79 Å². The molecule has 4 nitrogen and oxygen atoms in total. The van der Waals surface area contributed by atoms with Crippen molar-refractivity contribution < 1.29 is 9.53 Å². The Balaban J connectivity index is 1.89. The fourth-order valence-electron chi connectivity index (χ4n) is 2.71. The Morgan fingerprint density at radius 3 is 2.81 bits per heavy atom. The van der Waals surface area contributed by atoms with Crippen molar-refractivity contribution in [3.63, 3.8) is 0 Å². The Kier molecular flexibility index (Phi) is 5.70. The second-order valence-electron chi connectivity index (χ2n) is 5.57. The number of benzene rings is 1. The summed E-state index contributed by atoms with van der Waals surface area (Å²) in [5.74, 6) is 0.354. The molecule has 1 aromatic carbocycles. The van der Waals surface area contributed by atoms with Gasteiger partial charge in [0.1, 0.15) is 11.6 Å². The maximum absolute atomic E-state index is 12.0. The number of amides is 1. The van der Waals surface area contributed by atoms with Gasteiger partial charge in [0.05, 0.1) is 11.8 Å². The summed E-state index contributed by atoms with van der Waals surface area (Å²) in [5.41, 5.74) is 6.96. The van der Waals surface area contributed by atoms with Gasteiger partial charge in [0.2, 0.25) is 5.91 Å². The molecule has 0 radical (unpaired) electrons. The zero-order chi connectivity index (χ0) is 15.2.